The number of ether oxygens (including phenoxy) is 1. The van der Waals surface area contributed by atoms with Gasteiger partial charge in [0, 0.05) is 24.8 Å². The van der Waals surface area contributed by atoms with Crippen LogP contribution in [0.5, 0.6) is 0 Å². The Labute approximate surface area is 139 Å². The highest BCUT2D eigenvalue weighted by Gasteiger charge is 2.20. The third kappa shape index (κ3) is 3.67. The molecule has 1 fully saturated rings. The van der Waals surface area contributed by atoms with Gasteiger partial charge in [0.2, 0.25) is 0 Å². The second-order valence-corrected chi connectivity index (χ2v) is 5.41. The van der Waals surface area contributed by atoms with E-state index in [1.165, 1.54) is 0 Å². The van der Waals surface area contributed by atoms with Crippen molar-refractivity contribution in [3.05, 3.63) is 47.4 Å². The number of hydrogen-bond acceptors (Lipinski definition) is 6. The molecule has 1 aliphatic heterocycles. The molecule has 1 saturated heterocycles. The summed E-state index contributed by atoms with van der Waals surface area (Å²) in [4.78, 5) is 22.9. The van der Waals surface area contributed by atoms with Crippen molar-refractivity contribution in [2.45, 2.75) is 6.92 Å². The molecule has 0 atom stereocenters. The fourth-order valence-corrected chi connectivity index (χ4v) is 2.48. The molecular weight excluding hydrogens is 306 g/mol. The molecule has 1 amide bonds. The molecular formula is C17H17N5O2. The van der Waals surface area contributed by atoms with E-state index >= 15 is 0 Å². The average molecular weight is 323 g/mol. The van der Waals surface area contributed by atoms with Crippen LogP contribution in [0.3, 0.4) is 0 Å². The molecule has 1 N–H and O–H groups in total. The maximum atomic E-state index is 12.6. The summed E-state index contributed by atoms with van der Waals surface area (Å²) in [5.41, 5.74) is 1.63. The summed E-state index contributed by atoms with van der Waals surface area (Å²) in [5.74, 6) is 0.903. The van der Waals surface area contributed by atoms with Gasteiger partial charge in [-0.2, -0.15) is 5.26 Å². The molecule has 1 aromatic heterocycles. The zero-order valence-corrected chi connectivity index (χ0v) is 13.3. The smallest absolute Gasteiger partial charge is 0.272 e. The van der Waals surface area contributed by atoms with E-state index < -0.39 is 0 Å². The van der Waals surface area contributed by atoms with E-state index in [-0.39, 0.29) is 5.91 Å². The van der Waals surface area contributed by atoms with E-state index in [0.717, 1.165) is 5.69 Å². The number of benzene rings is 1. The number of nitrogens with zero attached hydrogens (tertiary/aromatic N) is 4. The molecule has 0 unspecified atom stereocenters. The number of nitriles is 1. The average Bonchev–Trinajstić information content (AvgIpc) is 2.61. The quantitative estimate of drug-likeness (QED) is 0.927. The number of carbonyl (C=O) groups excluding carboxylic acids is 1. The highest BCUT2D eigenvalue weighted by Crippen LogP contribution is 2.17. The maximum Gasteiger partial charge on any atom is 0.272 e. The molecule has 0 radical (unpaired) electrons. The molecule has 122 valence electrons. The predicted molar refractivity (Wildman–Crippen MR) is 87.9 cm³/mol. The first-order chi connectivity index (χ1) is 11.7. The van der Waals surface area contributed by atoms with Gasteiger partial charge in [-0.3, -0.25) is 4.79 Å². The number of morpholine rings is 1. The standard InChI is InChI=1S/C17H17N5O2/c1-12-19-15(17(23)22-5-7-24-8-6-22)10-16(20-12)21-14-4-2-3-13(9-14)11-18/h2-4,9-10H,5-8H2,1H3,(H,19,20,21). The fraction of sp³-hybridized carbons (Fsp3) is 0.294. The number of amides is 1. The molecule has 1 aromatic carbocycles. The van der Waals surface area contributed by atoms with E-state index in [1.807, 2.05) is 6.07 Å². The maximum absolute atomic E-state index is 12.6. The van der Waals surface area contributed by atoms with Crippen molar-refractivity contribution in [2.24, 2.45) is 0 Å². The molecule has 0 saturated carbocycles. The summed E-state index contributed by atoms with van der Waals surface area (Å²) in [7, 11) is 0. The molecule has 7 heteroatoms. The molecule has 7 nitrogen and oxygen atoms in total. The molecule has 3 rings (SSSR count). The van der Waals surface area contributed by atoms with Crippen LogP contribution in [0.25, 0.3) is 0 Å². The zero-order valence-electron chi connectivity index (χ0n) is 13.3. The van der Waals surface area contributed by atoms with Crippen LogP contribution in [0, 0.1) is 18.3 Å². The Kier molecular flexibility index (Phi) is 4.68. The number of anilines is 2. The lowest BCUT2D eigenvalue weighted by molar-refractivity contribution is 0.0299. The Morgan fingerprint density at radius 2 is 2.08 bits per heavy atom. The van der Waals surface area contributed by atoms with Gasteiger partial charge in [-0.15, -0.1) is 0 Å². The van der Waals surface area contributed by atoms with Gasteiger partial charge in [0.25, 0.3) is 5.91 Å². The van der Waals surface area contributed by atoms with Gasteiger partial charge in [-0.1, -0.05) is 6.07 Å². The van der Waals surface area contributed by atoms with Crippen LogP contribution in [0.15, 0.2) is 30.3 Å². The van der Waals surface area contributed by atoms with Crippen molar-refractivity contribution < 1.29 is 9.53 Å². The van der Waals surface area contributed by atoms with Crippen LogP contribution in [-0.4, -0.2) is 47.1 Å². The lowest BCUT2D eigenvalue weighted by Gasteiger charge is -2.26. The van der Waals surface area contributed by atoms with Crippen molar-refractivity contribution in [1.82, 2.24) is 14.9 Å². The normalized spacial score (nSPS) is 14.1. The first-order valence-electron chi connectivity index (χ1n) is 7.65. The number of hydrogen-bond donors (Lipinski definition) is 1. The first kappa shape index (κ1) is 15.9. The molecule has 0 spiro atoms. The Balaban J connectivity index is 1.83. The van der Waals surface area contributed by atoms with E-state index in [0.29, 0.717) is 49.2 Å². The summed E-state index contributed by atoms with van der Waals surface area (Å²) in [5, 5.41) is 12.1. The van der Waals surface area contributed by atoms with Gasteiger partial charge in [0.15, 0.2) is 0 Å². The molecule has 0 bridgehead atoms. The van der Waals surface area contributed by atoms with Crippen LogP contribution >= 0.6 is 0 Å². The number of aryl methyl sites for hydroxylation is 1. The number of rotatable bonds is 3. The van der Waals surface area contributed by atoms with Gasteiger partial charge >= 0.3 is 0 Å². The lowest BCUT2D eigenvalue weighted by atomic mass is 10.2. The topological polar surface area (TPSA) is 91.1 Å². The van der Waals surface area contributed by atoms with Crippen LogP contribution in [0.2, 0.25) is 0 Å². The summed E-state index contributed by atoms with van der Waals surface area (Å²) in [6, 6.07) is 10.8. The van der Waals surface area contributed by atoms with Crippen molar-refractivity contribution in [1.29, 1.82) is 5.26 Å². The summed E-state index contributed by atoms with van der Waals surface area (Å²) in [6.45, 7) is 3.96. The summed E-state index contributed by atoms with van der Waals surface area (Å²) >= 11 is 0. The van der Waals surface area contributed by atoms with Crippen molar-refractivity contribution in [3.8, 4) is 6.07 Å². The van der Waals surface area contributed by atoms with Gasteiger partial charge < -0.3 is 15.0 Å². The minimum atomic E-state index is -0.127. The van der Waals surface area contributed by atoms with Gasteiger partial charge in [0.1, 0.15) is 17.3 Å². The highest BCUT2D eigenvalue weighted by atomic mass is 16.5. The second-order valence-electron chi connectivity index (χ2n) is 5.41. The largest absolute Gasteiger partial charge is 0.378 e. The van der Waals surface area contributed by atoms with Crippen LogP contribution in [-0.2, 0) is 4.74 Å². The van der Waals surface area contributed by atoms with E-state index in [2.05, 4.69) is 21.4 Å². The van der Waals surface area contributed by atoms with Crippen molar-refractivity contribution in [2.75, 3.05) is 31.6 Å². The van der Waals surface area contributed by atoms with Gasteiger partial charge in [-0.25, -0.2) is 9.97 Å². The van der Waals surface area contributed by atoms with E-state index in [9.17, 15) is 4.79 Å². The highest BCUT2D eigenvalue weighted by molar-refractivity contribution is 5.93. The Hall–Kier alpha value is -2.98. The number of carbonyl (C=O) groups is 1. The van der Waals surface area contributed by atoms with E-state index in [1.54, 1.807) is 36.1 Å². The Morgan fingerprint density at radius 1 is 1.29 bits per heavy atom. The minimum absolute atomic E-state index is 0.127. The molecule has 0 aliphatic carbocycles. The SMILES string of the molecule is Cc1nc(Nc2cccc(C#N)c2)cc(C(=O)N2CCOCC2)n1. The van der Waals surface area contributed by atoms with Crippen molar-refractivity contribution in [3.63, 3.8) is 0 Å². The first-order valence-corrected chi connectivity index (χ1v) is 7.65. The van der Waals surface area contributed by atoms with Gasteiger partial charge in [-0.05, 0) is 25.1 Å². The molecule has 2 heterocycles. The number of aromatic nitrogens is 2. The van der Waals surface area contributed by atoms with Gasteiger partial charge in [0.05, 0.1) is 24.8 Å². The van der Waals surface area contributed by atoms with E-state index in [4.69, 9.17) is 10.00 Å². The molecule has 1 aliphatic rings. The number of nitrogens with one attached hydrogen (secondary N) is 1. The Morgan fingerprint density at radius 3 is 2.83 bits per heavy atom. The fourth-order valence-electron chi connectivity index (χ4n) is 2.48. The Bertz CT molecular complexity index is 794. The molecule has 24 heavy (non-hydrogen) atoms. The zero-order chi connectivity index (χ0) is 16.9. The predicted octanol–water partition coefficient (Wildman–Crippen LogP) is 1.87. The third-order valence-corrected chi connectivity index (χ3v) is 3.62. The van der Waals surface area contributed by atoms with Crippen LogP contribution in [0.1, 0.15) is 21.9 Å². The summed E-state index contributed by atoms with van der Waals surface area (Å²) in [6.07, 6.45) is 0. The monoisotopic (exact) mass is 323 g/mol. The third-order valence-electron chi connectivity index (χ3n) is 3.62. The molecule has 2 aromatic rings. The lowest BCUT2D eigenvalue weighted by Crippen LogP contribution is -2.41. The minimum Gasteiger partial charge on any atom is -0.378 e. The van der Waals surface area contributed by atoms with Crippen LogP contribution < -0.4 is 5.32 Å². The van der Waals surface area contributed by atoms with Crippen molar-refractivity contribution >= 4 is 17.4 Å². The summed E-state index contributed by atoms with van der Waals surface area (Å²) < 4.78 is 5.27. The second kappa shape index (κ2) is 7.06. The van der Waals surface area contributed by atoms with Crippen LogP contribution in [0.4, 0.5) is 11.5 Å².